The monoisotopic (exact) mass is 394 g/mol. The van der Waals surface area contributed by atoms with E-state index in [1.807, 2.05) is 24.3 Å². The van der Waals surface area contributed by atoms with Gasteiger partial charge >= 0.3 is 0 Å². The first-order valence-corrected chi connectivity index (χ1v) is 10.5. The van der Waals surface area contributed by atoms with Crippen molar-refractivity contribution in [2.24, 2.45) is 0 Å². The van der Waals surface area contributed by atoms with Gasteiger partial charge in [0.1, 0.15) is 5.75 Å². The Balaban J connectivity index is 1.90. The summed E-state index contributed by atoms with van der Waals surface area (Å²) in [6.45, 7) is 3.51. The summed E-state index contributed by atoms with van der Waals surface area (Å²) in [4.78, 5) is 13.2. The number of nitrogens with one attached hydrogen (secondary N) is 2. The van der Waals surface area contributed by atoms with Gasteiger partial charge in [0.05, 0.1) is 17.8 Å². The summed E-state index contributed by atoms with van der Waals surface area (Å²) in [5.74, 6) is 0.851. The van der Waals surface area contributed by atoms with Crippen LogP contribution in [-0.2, 0) is 14.8 Å². The number of amides is 1. The Labute approximate surface area is 158 Å². The molecule has 0 saturated heterocycles. The Hall–Kier alpha value is -2.03. The first-order chi connectivity index (χ1) is 12.3. The highest BCUT2D eigenvalue weighted by molar-refractivity contribution is 8.00. The summed E-state index contributed by atoms with van der Waals surface area (Å²) in [5.41, 5.74) is 0.550. The standard InChI is InChI=1S/C18H22N2O4S2/c1-13(2)20-26(22,23)17-10-4-14(5-11-17)19-18(21)12-25-16-8-6-15(24-3)7-9-16/h4-11,13,20H,12H2,1-3H3,(H,19,21). The number of hydrogen-bond acceptors (Lipinski definition) is 5. The van der Waals surface area contributed by atoms with Gasteiger partial charge in [0.2, 0.25) is 15.9 Å². The molecule has 0 bridgehead atoms. The first-order valence-electron chi connectivity index (χ1n) is 7.99. The smallest absolute Gasteiger partial charge is 0.240 e. The van der Waals surface area contributed by atoms with Crippen LogP contribution in [0.25, 0.3) is 0 Å². The van der Waals surface area contributed by atoms with Gasteiger partial charge in [0, 0.05) is 16.6 Å². The number of benzene rings is 2. The maximum absolute atomic E-state index is 12.1. The molecule has 0 radical (unpaired) electrons. The van der Waals surface area contributed by atoms with E-state index in [1.165, 1.54) is 23.9 Å². The second-order valence-electron chi connectivity index (χ2n) is 5.81. The Morgan fingerprint density at radius 1 is 1.08 bits per heavy atom. The van der Waals surface area contributed by atoms with E-state index >= 15 is 0 Å². The predicted octanol–water partition coefficient (Wildman–Crippen LogP) is 3.11. The fraction of sp³-hybridized carbons (Fsp3) is 0.278. The number of thioether (sulfide) groups is 1. The average Bonchev–Trinajstić information content (AvgIpc) is 2.60. The number of anilines is 1. The molecule has 0 aromatic heterocycles. The van der Waals surface area contributed by atoms with Gasteiger partial charge in [-0.3, -0.25) is 4.79 Å². The lowest BCUT2D eigenvalue weighted by molar-refractivity contribution is -0.113. The number of carbonyl (C=O) groups is 1. The SMILES string of the molecule is COc1ccc(SCC(=O)Nc2ccc(S(=O)(=O)NC(C)C)cc2)cc1. The second-order valence-corrected chi connectivity index (χ2v) is 8.58. The van der Waals surface area contributed by atoms with Crippen LogP contribution in [0.2, 0.25) is 0 Å². The molecule has 0 aliphatic rings. The zero-order valence-electron chi connectivity index (χ0n) is 14.9. The molecule has 140 valence electrons. The Morgan fingerprint density at radius 3 is 2.23 bits per heavy atom. The van der Waals surface area contributed by atoms with Crippen molar-refractivity contribution in [2.45, 2.75) is 29.7 Å². The minimum atomic E-state index is -3.53. The molecule has 0 spiro atoms. The molecule has 2 N–H and O–H groups in total. The molecule has 0 heterocycles. The molecule has 2 rings (SSSR count). The molecule has 1 amide bonds. The minimum Gasteiger partial charge on any atom is -0.497 e. The van der Waals surface area contributed by atoms with Crippen LogP contribution in [0.4, 0.5) is 5.69 Å². The molecule has 2 aromatic carbocycles. The van der Waals surface area contributed by atoms with E-state index in [-0.39, 0.29) is 22.6 Å². The summed E-state index contributed by atoms with van der Waals surface area (Å²) in [6.07, 6.45) is 0. The summed E-state index contributed by atoms with van der Waals surface area (Å²) in [5, 5.41) is 2.75. The maximum Gasteiger partial charge on any atom is 0.240 e. The van der Waals surface area contributed by atoms with Crippen LogP contribution in [0, 0.1) is 0 Å². The van der Waals surface area contributed by atoms with Gasteiger partial charge in [0.25, 0.3) is 0 Å². The number of ether oxygens (including phenoxy) is 1. The molecule has 26 heavy (non-hydrogen) atoms. The van der Waals surface area contributed by atoms with Crippen LogP contribution in [-0.4, -0.2) is 33.2 Å². The summed E-state index contributed by atoms with van der Waals surface area (Å²) in [6, 6.07) is 13.4. The van der Waals surface area contributed by atoms with Gasteiger partial charge in [-0.2, -0.15) is 0 Å². The molecule has 8 heteroatoms. The van der Waals surface area contributed by atoms with E-state index in [0.717, 1.165) is 10.6 Å². The van der Waals surface area contributed by atoms with Crippen LogP contribution in [0.1, 0.15) is 13.8 Å². The predicted molar refractivity (Wildman–Crippen MR) is 104 cm³/mol. The Morgan fingerprint density at radius 2 is 1.69 bits per heavy atom. The number of carbonyl (C=O) groups excluding carboxylic acids is 1. The van der Waals surface area contributed by atoms with Gasteiger partial charge in [-0.05, 0) is 62.4 Å². The molecule has 2 aromatic rings. The fourth-order valence-corrected chi connectivity index (χ4v) is 4.06. The van der Waals surface area contributed by atoms with Gasteiger partial charge < -0.3 is 10.1 Å². The molecule has 6 nitrogen and oxygen atoms in total. The van der Waals surface area contributed by atoms with E-state index in [0.29, 0.717) is 5.69 Å². The highest BCUT2D eigenvalue weighted by Gasteiger charge is 2.15. The normalized spacial score (nSPS) is 11.4. The summed E-state index contributed by atoms with van der Waals surface area (Å²) >= 11 is 1.41. The highest BCUT2D eigenvalue weighted by atomic mass is 32.2. The van der Waals surface area contributed by atoms with Crippen molar-refractivity contribution in [3.05, 3.63) is 48.5 Å². The van der Waals surface area contributed by atoms with Crippen LogP contribution in [0.3, 0.4) is 0 Å². The number of methoxy groups -OCH3 is 1. The van der Waals surface area contributed by atoms with E-state index < -0.39 is 10.0 Å². The molecule has 0 aliphatic heterocycles. The van der Waals surface area contributed by atoms with Gasteiger partial charge in [0.15, 0.2) is 0 Å². The van der Waals surface area contributed by atoms with Gasteiger partial charge in [-0.15, -0.1) is 11.8 Å². The maximum atomic E-state index is 12.1. The van der Waals surface area contributed by atoms with Crippen molar-refractivity contribution >= 4 is 33.4 Å². The van der Waals surface area contributed by atoms with Crippen LogP contribution >= 0.6 is 11.8 Å². The largest absolute Gasteiger partial charge is 0.497 e. The quantitative estimate of drug-likeness (QED) is 0.672. The molecule has 0 aliphatic carbocycles. The first kappa shape index (κ1) is 20.3. The van der Waals surface area contributed by atoms with Crippen molar-refractivity contribution in [1.29, 1.82) is 0 Å². The van der Waals surface area contributed by atoms with Crippen LogP contribution in [0.5, 0.6) is 5.75 Å². The van der Waals surface area contributed by atoms with Crippen LogP contribution in [0.15, 0.2) is 58.3 Å². The van der Waals surface area contributed by atoms with E-state index in [2.05, 4.69) is 10.0 Å². The van der Waals surface area contributed by atoms with Crippen molar-refractivity contribution in [3.63, 3.8) is 0 Å². The lowest BCUT2D eigenvalue weighted by Crippen LogP contribution is -2.30. The third kappa shape index (κ3) is 6.05. The van der Waals surface area contributed by atoms with Crippen molar-refractivity contribution in [1.82, 2.24) is 4.72 Å². The topological polar surface area (TPSA) is 84.5 Å². The third-order valence-corrected chi connectivity index (χ3v) is 5.96. The molecular weight excluding hydrogens is 372 g/mol. The summed E-state index contributed by atoms with van der Waals surface area (Å²) in [7, 11) is -1.93. The summed E-state index contributed by atoms with van der Waals surface area (Å²) < 4.78 is 31.7. The van der Waals surface area contributed by atoms with Crippen molar-refractivity contribution < 1.29 is 17.9 Å². The van der Waals surface area contributed by atoms with Gasteiger partial charge in [-0.25, -0.2) is 13.1 Å². The number of hydrogen-bond donors (Lipinski definition) is 2. The van der Waals surface area contributed by atoms with E-state index in [9.17, 15) is 13.2 Å². The van der Waals surface area contributed by atoms with Crippen molar-refractivity contribution in [3.8, 4) is 5.75 Å². The lowest BCUT2D eigenvalue weighted by Gasteiger charge is -2.10. The highest BCUT2D eigenvalue weighted by Crippen LogP contribution is 2.21. The number of sulfonamides is 1. The second kappa shape index (κ2) is 9.07. The zero-order valence-corrected chi connectivity index (χ0v) is 16.5. The average molecular weight is 395 g/mol. The zero-order chi connectivity index (χ0) is 19.2. The number of rotatable bonds is 8. The molecule has 0 fully saturated rings. The molecule has 0 atom stereocenters. The minimum absolute atomic E-state index is 0.164. The third-order valence-electron chi connectivity index (χ3n) is 3.27. The van der Waals surface area contributed by atoms with Crippen LogP contribution < -0.4 is 14.8 Å². The molecule has 0 saturated carbocycles. The van der Waals surface area contributed by atoms with Crippen molar-refractivity contribution in [2.75, 3.05) is 18.2 Å². The fourth-order valence-electron chi connectivity index (χ4n) is 2.11. The Kier molecular flexibility index (Phi) is 7.07. The lowest BCUT2D eigenvalue weighted by atomic mass is 10.3. The molecular formula is C18H22N2O4S2. The molecule has 0 unspecified atom stereocenters. The van der Waals surface area contributed by atoms with E-state index in [1.54, 1.807) is 33.1 Å². The van der Waals surface area contributed by atoms with Gasteiger partial charge in [-0.1, -0.05) is 0 Å². The Bertz CT molecular complexity index is 832. The van der Waals surface area contributed by atoms with E-state index in [4.69, 9.17) is 4.74 Å².